The molecule has 0 aliphatic rings. The van der Waals surface area contributed by atoms with Gasteiger partial charge in [-0.3, -0.25) is 25.0 Å². The zero-order chi connectivity index (χ0) is 24.2. The maximum Gasteiger partial charge on any atom is 0.269 e. The first kappa shape index (κ1) is 25.6. The van der Waals surface area contributed by atoms with E-state index in [0.717, 1.165) is 19.6 Å². The lowest BCUT2D eigenvalue weighted by atomic mass is 10.2. The van der Waals surface area contributed by atoms with Gasteiger partial charge in [-0.25, -0.2) is 0 Å². The Kier molecular flexibility index (Phi) is 10.1. The topological polar surface area (TPSA) is 117 Å². The summed E-state index contributed by atoms with van der Waals surface area (Å²) in [6.07, 6.45) is 2.80. The van der Waals surface area contributed by atoms with Gasteiger partial charge in [0.15, 0.2) is 5.11 Å². The molecule has 10 heteroatoms. The Morgan fingerprint density at radius 2 is 1.70 bits per heavy atom. The number of amides is 2. The Balaban J connectivity index is 1.80. The molecule has 2 rings (SSSR count). The maximum atomic E-state index is 12.2. The molecule has 0 aromatic heterocycles. The molecule has 0 saturated heterocycles. The van der Waals surface area contributed by atoms with Gasteiger partial charge in [-0.1, -0.05) is 13.8 Å². The second kappa shape index (κ2) is 13.0. The minimum Gasteiger partial charge on any atom is -0.351 e. The Morgan fingerprint density at radius 1 is 1.06 bits per heavy atom. The highest BCUT2D eigenvalue weighted by Crippen LogP contribution is 2.13. The first-order valence-electron chi connectivity index (χ1n) is 10.5. The van der Waals surface area contributed by atoms with Crippen LogP contribution in [-0.2, 0) is 4.79 Å². The lowest BCUT2D eigenvalue weighted by molar-refractivity contribution is -0.384. The fourth-order valence-corrected chi connectivity index (χ4v) is 3.09. The van der Waals surface area contributed by atoms with Crippen LogP contribution >= 0.6 is 12.2 Å². The predicted molar refractivity (Wildman–Crippen MR) is 133 cm³/mol. The zero-order valence-corrected chi connectivity index (χ0v) is 19.4. The van der Waals surface area contributed by atoms with Crippen LogP contribution < -0.4 is 16.0 Å². The van der Waals surface area contributed by atoms with E-state index >= 15 is 0 Å². The average Bonchev–Trinajstić information content (AvgIpc) is 2.81. The van der Waals surface area contributed by atoms with Crippen molar-refractivity contribution in [2.75, 3.05) is 31.5 Å². The molecule has 2 aromatic rings. The van der Waals surface area contributed by atoms with E-state index in [0.29, 0.717) is 23.4 Å². The van der Waals surface area contributed by atoms with Gasteiger partial charge in [0.1, 0.15) is 0 Å². The Bertz CT molecular complexity index is 1000. The van der Waals surface area contributed by atoms with Crippen molar-refractivity contribution in [2.24, 2.45) is 0 Å². The van der Waals surface area contributed by atoms with Gasteiger partial charge in [0.2, 0.25) is 5.91 Å². The molecule has 0 saturated carbocycles. The quantitative estimate of drug-likeness (QED) is 0.212. The number of non-ortho nitro benzene ring substituents is 1. The van der Waals surface area contributed by atoms with Gasteiger partial charge < -0.3 is 15.5 Å². The van der Waals surface area contributed by atoms with Gasteiger partial charge in [-0.2, -0.15) is 0 Å². The fourth-order valence-electron chi connectivity index (χ4n) is 2.87. The van der Waals surface area contributed by atoms with E-state index in [-0.39, 0.29) is 16.7 Å². The fraction of sp³-hybridized carbons (Fsp3) is 0.261. The molecule has 0 fully saturated rings. The normalized spacial score (nSPS) is 10.8. The van der Waals surface area contributed by atoms with Crippen LogP contribution in [-0.4, -0.2) is 52.9 Å². The number of rotatable bonds is 10. The van der Waals surface area contributed by atoms with Crippen LogP contribution in [0.15, 0.2) is 54.6 Å². The monoisotopic (exact) mass is 469 g/mol. The Hall–Kier alpha value is -3.63. The molecule has 2 amide bonds. The Morgan fingerprint density at radius 3 is 2.27 bits per heavy atom. The van der Waals surface area contributed by atoms with E-state index in [1.165, 1.54) is 24.3 Å². The summed E-state index contributed by atoms with van der Waals surface area (Å²) < 4.78 is 0. The van der Waals surface area contributed by atoms with Crippen LogP contribution in [0.5, 0.6) is 0 Å². The standard InChI is InChI=1S/C23H27N5O4S/c1-3-27(4-2)16-15-24-22(30)18-8-10-19(11-9-18)25-23(33)26-21(29)14-7-17-5-12-20(13-6-17)28(31)32/h5-14H,3-4,15-16H2,1-2H3,(H,24,30)(H2,25,26,29,33)/b14-7+. The van der Waals surface area contributed by atoms with Crippen molar-refractivity contribution in [3.05, 3.63) is 75.8 Å². The minimum absolute atomic E-state index is 0.0230. The molecule has 9 nitrogen and oxygen atoms in total. The van der Waals surface area contributed by atoms with Crippen molar-refractivity contribution in [1.82, 2.24) is 15.5 Å². The minimum atomic E-state index is -0.489. The Labute approximate surface area is 198 Å². The molecule has 0 spiro atoms. The number of anilines is 1. The summed E-state index contributed by atoms with van der Waals surface area (Å²) in [5.74, 6) is -0.601. The van der Waals surface area contributed by atoms with Crippen LogP contribution in [0, 0.1) is 10.1 Å². The van der Waals surface area contributed by atoms with Crippen molar-refractivity contribution < 1.29 is 14.5 Å². The molecule has 2 aromatic carbocycles. The largest absolute Gasteiger partial charge is 0.351 e. The van der Waals surface area contributed by atoms with Crippen LogP contribution in [0.1, 0.15) is 29.8 Å². The molecule has 0 radical (unpaired) electrons. The lowest BCUT2D eigenvalue weighted by Gasteiger charge is -2.18. The highest BCUT2D eigenvalue weighted by Gasteiger charge is 2.07. The van der Waals surface area contributed by atoms with Crippen molar-refractivity contribution >= 4 is 46.6 Å². The van der Waals surface area contributed by atoms with Gasteiger partial charge >= 0.3 is 0 Å². The zero-order valence-electron chi connectivity index (χ0n) is 18.5. The molecular weight excluding hydrogens is 442 g/mol. The maximum absolute atomic E-state index is 12.2. The highest BCUT2D eigenvalue weighted by molar-refractivity contribution is 7.80. The SMILES string of the molecule is CCN(CC)CCNC(=O)c1ccc(NC(=S)NC(=O)/C=C/c2ccc([N+](=O)[O-])cc2)cc1. The van der Waals surface area contributed by atoms with Gasteiger partial charge in [0, 0.05) is 42.5 Å². The second-order valence-electron chi connectivity index (χ2n) is 6.99. The van der Waals surface area contributed by atoms with Gasteiger partial charge in [0.25, 0.3) is 11.6 Å². The number of likely N-dealkylation sites (N-methyl/N-ethyl adjacent to an activating group) is 1. The van der Waals surface area contributed by atoms with Gasteiger partial charge in [-0.15, -0.1) is 0 Å². The molecule has 174 valence electrons. The summed E-state index contributed by atoms with van der Waals surface area (Å²) in [7, 11) is 0. The van der Waals surface area contributed by atoms with E-state index in [1.807, 2.05) is 0 Å². The molecule has 0 aliphatic heterocycles. The first-order chi connectivity index (χ1) is 15.8. The molecule has 0 atom stereocenters. The van der Waals surface area contributed by atoms with Crippen molar-refractivity contribution in [1.29, 1.82) is 0 Å². The number of carbonyl (C=O) groups excluding carboxylic acids is 2. The third kappa shape index (κ3) is 8.79. The van der Waals surface area contributed by atoms with E-state index in [2.05, 4.69) is 34.7 Å². The van der Waals surface area contributed by atoms with E-state index in [9.17, 15) is 19.7 Å². The van der Waals surface area contributed by atoms with E-state index in [4.69, 9.17) is 12.2 Å². The number of nitro benzene ring substituents is 1. The van der Waals surface area contributed by atoms with Crippen molar-refractivity contribution in [2.45, 2.75) is 13.8 Å². The molecule has 0 heterocycles. The summed E-state index contributed by atoms with van der Waals surface area (Å²) in [6.45, 7) is 7.42. The first-order valence-corrected chi connectivity index (χ1v) is 10.9. The van der Waals surface area contributed by atoms with Crippen LogP contribution in [0.4, 0.5) is 11.4 Å². The summed E-state index contributed by atoms with van der Waals surface area (Å²) in [5.41, 5.74) is 1.77. The van der Waals surface area contributed by atoms with Crippen molar-refractivity contribution in [3.63, 3.8) is 0 Å². The van der Waals surface area contributed by atoms with E-state index in [1.54, 1.807) is 36.4 Å². The summed E-state index contributed by atoms with van der Waals surface area (Å²) in [6, 6.07) is 12.5. The van der Waals surface area contributed by atoms with Crippen LogP contribution in [0.3, 0.4) is 0 Å². The number of thiocarbonyl (C=S) groups is 1. The number of hydrogen-bond donors (Lipinski definition) is 3. The lowest BCUT2D eigenvalue weighted by Crippen LogP contribution is -2.34. The third-order valence-electron chi connectivity index (χ3n) is 4.78. The number of benzene rings is 2. The molecule has 0 aliphatic carbocycles. The van der Waals surface area contributed by atoms with Crippen LogP contribution in [0.2, 0.25) is 0 Å². The van der Waals surface area contributed by atoms with Gasteiger partial charge in [-0.05, 0) is 73.3 Å². The number of hydrogen-bond acceptors (Lipinski definition) is 6. The van der Waals surface area contributed by atoms with Crippen LogP contribution in [0.25, 0.3) is 6.08 Å². The van der Waals surface area contributed by atoms with Crippen molar-refractivity contribution in [3.8, 4) is 0 Å². The molecule has 3 N–H and O–H groups in total. The molecule has 0 bridgehead atoms. The average molecular weight is 470 g/mol. The number of nitrogens with zero attached hydrogens (tertiary/aromatic N) is 2. The smallest absolute Gasteiger partial charge is 0.269 e. The predicted octanol–water partition coefficient (Wildman–Crippen LogP) is 3.19. The van der Waals surface area contributed by atoms with Gasteiger partial charge in [0.05, 0.1) is 4.92 Å². The molecule has 33 heavy (non-hydrogen) atoms. The summed E-state index contributed by atoms with van der Waals surface area (Å²) >= 11 is 5.14. The molecular formula is C23H27N5O4S. The highest BCUT2D eigenvalue weighted by atomic mass is 32.1. The number of nitrogens with one attached hydrogen (secondary N) is 3. The molecule has 0 unspecified atom stereocenters. The summed E-state index contributed by atoms with van der Waals surface area (Å²) in [4.78, 5) is 36.7. The number of carbonyl (C=O) groups is 2. The number of nitro groups is 1. The second-order valence-corrected chi connectivity index (χ2v) is 7.39. The third-order valence-corrected chi connectivity index (χ3v) is 4.98. The van der Waals surface area contributed by atoms with E-state index < -0.39 is 10.8 Å². The summed E-state index contributed by atoms with van der Waals surface area (Å²) in [5, 5.41) is 19.1.